The van der Waals surface area contributed by atoms with Gasteiger partial charge in [0, 0.05) is 0 Å². The van der Waals surface area contributed by atoms with Crippen molar-refractivity contribution in [3.63, 3.8) is 0 Å². The summed E-state index contributed by atoms with van der Waals surface area (Å²) in [5, 5.41) is 89.7. The molecule has 0 aromatic carbocycles. The van der Waals surface area contributed by atoms with Gasteiger partial charge < -0.3 is 69.6 Å². The maximum Gasteiger partial charge on any atom is 0.187 e. The molecule has 0 bridgehead atoms. The Balaban J connectivity index is 1.72. The lowest BCUT2D eigenvalue weighted by molar-refractivity contribution is -0.376. The van der Waals surface area contributed by atoms with Crippen molar-refractivity contribution in [3.8, 4) is 0 Å². The van der Waals surface area contributed by atoms with Gasteiger partial charge in [-0.1, -0.05) is 0 Å². The van der Waals surface area contributed by atoms with Crippen molar-refractivity contribution in [2.45, 2.75) is 92.9 Å². The minimum Gasteiger partial charge on any atom is -0.394 e. The third-order valence-electron chi connectivity index (χ3n) is 5.66. The van der Waals surface area contributed by atoms with Crippen LogP contribution in [0.3, 0.4) is 0 Å². The molecule has 14 atom stereocenters. The Bertz CT molecular complexity index is 581. The smallest absolute Gasteiger partial charge is 0.187 e. The average molecular weight is 458 g/mol. The van der Waals surface area contributed by atoms with Crippen molar-refractivity contribution >= 4 is 0 Å². The molecule has 3 saturated heterocycles. The molecule has 31 heavy (non-hydrogen) atoms. The van der Waals surface area contributed by atoms with Crippen LogP contribution < -0.4 is 0 Å². The lowest BCUT2D eigenvalue weighted by Crippen LogP contribution is -2.65. The van der Waals surface area contributed by atoms with Crippen LogP contribution in [0.15, 0.2) is 0 Å². The van der Waals surface area contributed by atoms with Crippen LogP contribution in [0.4, 0.5) is 0 Å². The van der Waals surface area contributed by atoms with E-state index in [1.54, 1.807) is 0 Å². The van der Waals surface area contributed by atoms with E-state index in [1.807, 2.05) is 0 Å². The highest BCUT2D eigenvalue weighted by molar-refractivity contribution is 4.94. The number of hydrogen-bond donors (Lipinski definition) is 9. The molecule has 9 N–H and O–H groups in total. The minimum atomic E-state index is -1.81. The van der Waals surface area contributed by atoms with Gasteiger partial charge in [-0.05, 0) is 6.92 Å². The van der Waals surface area contributed by atoms with Crippen LogP contribution in [0.25, 0.3) is 0 Å². The number of aliphatic hydroxyl groups excluding tert-OH is 9. The summed E-state index contributed by atoms with van der Waals surface area (Å²) in [5.74, 6) is 0. The van der Waals surface area contributed by atoms with Crippen molar-refractivity contribution in [1.29, 1.82) is 0 Å². The van der Waals surface area contributed by atoms with Crippen LogP contribution in [-0.4, -0.2) is 145 Å². The number of ether oxygens (including phenoxy) is 5. The molecule has 3 aliphatic rings. The van der Waals surface area contributed by atoms with Crippen LogP contribution in [-0.2, 0) is 23.7 Å². The molecule has 182 valence electrons. The first-order valence-electron chi connectivity index (χ1n) is 9.85. The maximum absolute atomic E-state index is 10.7. The molecule has 0 aromatic rings. The Morgan fingerprint density at radius 3 is 1.97 bits per heavy atom. The molecule has 0 unspecified atom stereocenters. The van der Waals surface area contributed by atoms with Crippen LogP contribution in [0.5, 0.6) is 0 Å². The largest absolute Gasteiger partial charge is 0.394 e. The lowest BCUT2D eigenvalue weighted by Gasteiger charge is -2.47. The summed E-state index contributed by atoms with van der Waals surface area (Å²) in [6.07, 6.45) is -21.3. The standard InChI is InChI=1S/C17H30O14/c1-4-7(20)9(22)11(24)17(28-4)31-14-12(25)13(6(2-18)29-15(14)26)30-16-10(23)8(21)5(19)3-27-16/h4-26H,2-3H2,1H3/t4-,5+,6+,7-,8+,9+,10-,11+,12-,13+,14+,15+,16-,17-/m0/s1. The predicted molar refractivity (Wildman–Crippen MR) is 93.8 cm³/mol. The number of hydrogen-bond acceptors (Lipinski definition) is 14. The molecule has 3 fully saturated rings. The van der Waals surface area contributed by atoms with E-state index in [4.69, 9.17) is 23.7 Å². The second kappa shape index (κ2) is 10.1. The zero-order valence-corrected chi connectivity index (χ0v) is 16.6. The Labute approximate surface area is 176 Å². The molecular weight excluding hydrogens is 428 g/mol. The molecule has 3 rings (SSSR count). The van der Waals surface area contributed by atoms with Gasteiger partial charge >= 0.3 is 0 Å². The summed E-state index contributed by atoms with van der Waals surface area (Å²) < 4.78 is 26.5. The van der Waals surface area contributed by atoms with Crippen LogP contribution in [0.2, 0.25) is 0 Å². The van der Waals surface area contributed by atoms with Crippen molar-refractivity contribution in [3.05, 3.63) is 0 Å². The quantitative estimate of drug-likeness (QED) is 0.187. The normalized spacial score (nSPS) is 54.0. The fourth-order valence-corrected chi connectivity index (χ4v) is 3.71. The zero-order valence-electron chi connectivity index (χ0n) is 16.6. The van der Waals surface area contributed by atoms with E-state index in [-0.39, 0.29) is 6.61 Å². The summed E-state index contributed by atoms with van der Waals surface area (Å²) in [6, 6.07) is 0. The van der Waals surface area contributed by atoms with E-state index in [1.165, 1.54) is 6.92 Å². The van der Waals surface area contributed by atoms with E-state index >= 15 is 0 Å². The van der Waals surface area contributed by atoms with Crippen molar-refractivity contribution in [1.82, 2.24) is 0 Å². The Morgan fingerprint density at radius 1 is 0.710 bits per heavy atom. The van der Waals surface area contributed by atoms with Crippen molar-refractivity contribution in [2.24, 2.45) is 0 Å². The molecule has 0 aliphatic carbocycles. The summed E-state index contributed by atoms with van der Waals surface area (Å²) >= 11 is 0. The van der Waals surface area contributed by atoms with E-state index in [9.17, 15) is 46.0 Å². The van der Waals surface area contributed by atoms with E-state index in [0.29, 0.717) is 0 Å². The third-order valence-corrected chi connectivity index (χ3v) is 5.66. The van der Waals surface area contributed by atoms with Crippen LogP contribution in [0.1, 0.15) is 6.92 Å². The zero-order chi connectivity index (χ0) is 23.0. The molecule has 14 nitrogen and oxygen atoms in total. The third kappa shape index (κ3) is 5.02. The van der Waals surface area contributed by atoms with Crippen LogP contribution in [0, 0.1) is 0 Å². The molecule has 0 spiro atoms. The highest BCUT2D eigenvalue weighted by atomic mass is 16.7. The Kier molecular flexibility index (Phi) is 8.21. The van der Waals surface area contributed by atoms with Gasteiger partial charge in [0.1, 0.15) is 61.0 Å². The van der Waals surface area contributed by atoms with E-state index in [0.717, 1.165) is 0 Å². The summed E-state index contributed by atoms with van der Waals surface area (Å²) in [7, 11) is 0. The number of rotatable bonds is 5. The molecule has 0 radical (unpaired) electrons. The molecule has 0 saturated carbocycles. The second-order valence-electron chi connectivity index (χ2n) is 7.87. The van der Waals surface area contributed by atoms with Gasteiger partial charge in [0.15, 0.2) is 18.9 Å². The monoisotopic (exact) mass is 458 g/mol. The molecule has 3 heterocycles. The van der Waals surface area contributed by atoms with E-state index < -0.39 is 92.6 Å². The maximum atomic E-state index is 10.7. The van der Waals surface area contributed by atoms with Gasteiger partial charge in [-0.25, -0.2) is 0 Å². The highest BCUT2D eigenvalue weighted by Crippen LogP contribution is 2.31. The molecule has 0 aromatic heterocycles. The first-order chi connectivity index (χ1) is 14.6. The van der Waals surface area contributed by atoms with Crippen LogP contribution >= 0.6 is 0 Å². The topological polar surface area (TPSA) is 228 Å². The Morgan fingerprint density at radius 2 is 1.32 bits per heavy atom. The number of aliphatic hydroxyl groups is 9. The first-order valence-corrected chi connectivity index (χ1v) is 9.85. The molecular formula is C17H30O14. The van der Waals surface area contributed by atoms with Gasteiger partial charge in [-0.3, -0.25) is 0 Å². The van der Waals surface area contributed by atoms with Gasteiger partial charge in [-0.2, -0.15) is 0 Å². The fraction of sp³-hybridized carbons (Fsp3) is 1.00. The summed E-state index contributed by atoms with van der Waals surface area (Å²) in [5.41, 5.74) is 0. The molecule has 0 amide bonds. The van der Waals surface area contributed by atoms with Crippen molar-refractivity contribution < 1.29 is 69.6 Å². The highest BCUT2D eigenvalue weighted by Gasteiger charge is 2.52. The van der Waals surface area contributed by atoms with Gasteiger partial charge in [0.05, 0.1) is 19.3 Å². The molecule has 14 heteroatoms. The van der Waals surface area contributed by atoms with Crippen molar-refractivity contribution in [2.75, 3.05) is 13.2 Å². The second-order valence-corrected chi connectivity index (χ2v) is 7.87. The summed E-state index contributed by atoms with van der Waals surface area (Å²) in [6.45, 7) is 0.318. The fourth-order valence-electron chi connectivity index (χ4n) is 3.71. The molecule has 3 aliphatic heterocycles. The first kappa shape index (κ1) is 25.1. The average Bonchev–Trinajstić information content (AvgIpc) is 2.74. The minimum absolute atomic E-state index is 0.376. The SMILES string of the molecule is C[C@@H]1O[C@@H](O[C@@H]2[C@@H](O)[C@H](O[C@@H]3OC[C@@H](O)[C@@H](O)[C@@H]3O)[C@@H](CO)O[C@H]2O)[C@H](O)[C@H](O)[C@H]1O. The van der Waals surface area contributed by atoms with E-state index in [2.05, 4.69) is 0 Å². The Hall–Kier alpha value is -0.560. The van der Waals surface area contributed by atoms with Gasteiger partial charge in [0.25, 0.3) is 0 Å². The summed E-state index contributed by atoms with van der Waals surface area (Å²) in [4.78, 5) is 0. The van der Waals surface area contributed by atoms with Gasteiger partial charge in [0.2, 0.25) is 0 Å². The lowest BCUT2D eigenvalue weighted by atomic mass is 9.97. The predicted octanol–water partition coefficient (Wildman–Crippen LogP) is -5.91. The van der Waals surface area contributed by atoms with Gasteiger partial charge in [-0.15, -0.1) is 0 Å².